The monoisotopic (exact) mass is 421 g/mol. The van der Waals surface area contributed by atoms with Crippen molar-refractivity contribution >= 4 is 39.5 Å². The van der Waals surface area contributed by atoms with E-state index >= 15 is 0 Å². The van der Waals surface area contributed by atoms with Crippen LogP contribution < -0.4 is 10.6 Å². The van der Waals surface area contributed by atoms with Crippen LogP contribution in [0.25, 0.3) is 0 Å². The zero-order valence-electron chi connectivity index (χ0n) is 15.3. The third-order valence-electron chi connectivity index (χ3n) is 5.05. The van der Waals surface area contributed by atoms with Gasteiger partial charge in [-0.25, -0.2) is 4.79 Å². The number of hydrogen-bond acceptors (Lipinski definition) is 3. The van der Waals surface area contributed by atoms with E-state index in [1.165, 1.54) is 0 Å². The predicted molar refractivity (Wildman–Crippen MR) is 103 cm³/mol. The van der Waals surface area contributed by atoms with Crippen molar-refractivity contribution in [1.29, 1.82) is 0 Å². The minimum atomic E-state index is -0.879. The first-order valence-electron chi connectivity index (χ1n) is 8.80. The van der Waals surface area contributed by atoms with Crippen molar-refractivity contribution in [3.63, 3.8) is 0 Å². The van der Waals surface area contributed by atoms with Gasteiger partial charge in [0.1, 0.15) is 12.1 Å². The van der Waals surface area contributed by atoms with E-state index in [0.717, 1.165) is 15.8 Å². The lowest BCUT2D eigenvalue weighted by Gasteiger charge is -2.43. The fourth-order valence-electron chi connectivity index (χ4n) is 4.53. The zero-order chi connectivity index (χ0) is 19.1. The summed E-state index contributed by atoms with van der Waals surface area (Å²) in [6.07, 6.45) is 2.23. The van der Waals surface area contributed by atoms with E-state index < -0.39 is 17.5 Å². The van der Waals surface area contributed by atoms with Gasteiger partial charge in [0.05, 0.1) is 0 Å². The second kappa shape index (κ2) is 6.68. The summed E-state index contributed by atoms with van der Waals surface area (Å²) in [6.45, 7) is 6.06. The Balaban J connectivity index is 1.71. The number of carbonyl (C=O) groups is 3. The normalized spacial score (nSPS) is 27.5. The van der Waals surface area contributed by atoms with Gasteiger partial charge in [-0.2, -0.15) is 0 Å². The van der Waals surface area contributed by atoms with E-state index in [1.807, 2.05) is 12.1 Å². The highest BCUT2D eigenvalue weighted by atomic mass is 79.9. The van der Waals surface area contributed by atoms with Crippen LogP contribution in [-0.4, -0.2) is 34.8 Å². The van der Waals surface area contributed by atoms with Crippen LogP contribution in [0.2, 0.25) is 0 Å². The molecule has 2 aliphatic rings. The molecule has 1 aliphatic heterocycles. The number of rotatable bonds is 3. The van der Waals surface area contributed by atoms with Crippen LogP contribution in [-0.2, 0) is 9.59 Å². The molecule has 2 fully saturated rings. The summed E-state index contributed by atoms with van der Waals surface area (Å²) in [5.41, 5.74) is -0.292. The second-order valence-corrected chi connectivity index (χ2v) is 9.23. The minimum Gasteiger partial charge on any atom is -0.325 e. The van der Waals surface area contributed by atoms with E-state index in [4.69, 9.17) is 0 Å². The van der Waals surface area contributed by atoms with Gasteiger partial charge in [0.15, 0.2) is 0 Å². The molecule has 0 bridgehead atoms. The van der Waals surface area contributed by atoms with Gasteiger partial charge in [-0.15, -0.1) is 0 Å². The summed E-state index contributed by atoms with van der Waals surface area (Å²) in [4.78, 5) is 38.8. The van der Waals surface area contributed by atoms with Gasteiger partial charge in [0, 0.05) is 10.2 Å². The average Bonchev–Trinajstić information content (AvgIpc) is 2.71. The molecule has 1 spiro atoms. The molecule has 0 radical (unpaired) electrons. The molecule has 6 nitrogen and oxygen atoms in total. The number of urea groups is 1. The number of benzene rings is 1. The molecule has 2 N–H and O–H groups in total. The number of halogens is 1. The molecule has 7 heteroatoms. The van der Waals surface area contributed by atoms with Crippen LogP contribution in [0.15, 0.2) is 28.7 Å². The Morgan fingerprint density at radius 1 is 1.27 bits per heavy atom. The largest absolute Gasteiger partial charge is 0.325 e. The Hall–Kier alpha value is -1.89. The summed E-state index contributed by atoms with van der Waals surface area (Å²) in [7, 11) is 0. The van der Waals surface area contributed by atoms with Crippen molar-refractivity contribution in [3.8, 4) is 0 Å². The van der Waals surface area contributed by atoms with Crippen molar-refractivity contribution in [2.45, 2.75) is 45.6 Å². The van der Waals surface area contributed by atoms with Gasteiger partial charge in [0.2, 0.25) is 5.91 Å². The van der Waals surface area contributed by atoms with Crippen LogP contribution in [0.1, 0.15) is 40.0 Å². The molecule has 1 heterocycles. The Labute approximate surface area is 161 Å². The van der Waals surface area contributed by atoms with E-state index in [0.29, 0.717) is 24.4 Å². The average molecular weight is 422 g/mol. The van der Waals surface area contributed by atoms with Crippen molar-refractivity contribution in [2.24, 2.45) is 11.3 Å². The first-order chi connectivity index (χ1) is 12.1. The lowest BCUT2D eigenvalue weighted by Crippen LogP contribution is -2.54. The van der Waals surface area contributed by atoms with E-state index in [9.17, 15) is 14.4 Å². The summed E-state index contributed by atoms with van der Waals surface area (Å²) in [5, 5.41) is 5.60. The Morgan fingerprint density at radius 2 is 1.92 bits per heavy atom. The standard InChI is InChI=1S/C19H24BrN3O3/c1-12-8-18(2,3)11-19(9-12)16(25)23(17(26)22-19)10-15(24)21-14-6-4-13(20)5-7-14/h4-7,12H,8-11H2,1-3H3,(H,21,24)(H,22,26)/t12-,19+/m0/s1. The van der Waals surface area contributed by atoms with E-state index in [1.54, 1.807) is 12.1 Å². The summed E-state index contributed by atoms with van der Waals surface area (Å²) in [5.74, 6) is -0.344. The van der Waals surface area contributed by atoms with Crippen molar-refractivity contribution < 1.29 is 14.4 Å². The van der Waals surface area contributed by atoms with E-state index in [2.05, 4.69) is 47.3 Å². The predicted octanol–water partition coefficient (Wildman–Crippen LogP) is 3.52. The van der Waals surface area contributed by atoms with Gasteiger partial charge in [-0.3, -0.25) is 14.5 Å². The van der Waals surface area contributed by atoms with Crippen molar-refractivity contribution in [3.05, 3.63) is 28.7 Å². The number of amides is 4. The molecule has 2 atom stereocenters. The van der Waals surface area contributed by atoms with E-state index in [-0.39, 0.29) is 17.9 Å². The summed E-state index contributed by atoms with van der Waals surface area (Å²) in [6, 6.07) is 6.64. The summed E-state index contributed by atoms with van der Waals surface area (Å²) < 4.78 is 0.903. The molecule has 1 aliphatic carbocycles. The Morgan fingerprint density at radius 3 is 2.54 bits per heavy atom. The number of carbonyl (C=O) groups excluding carboxylic acids is 3. The lowest BCUT2D eigenvalue weighted by atomic mass is 9.64. The number of hydrogen-bond donors (Lipinski definition) is 2. The van der Waals surface area contributed by atoms with Gasteiger partial charge in [0.25, 0.3) is 5.91 Å². The molecule has 1 saturated carbocycles. The fourth-order valence-corrected chi connectivity index (χ4v) is 4.79. The van der Waals surface area contributed by atoms with Crippen LogP contribution in [0.3, 0.4) is 0 Å². The highest BCUT2D eigenvalue weighted by Gasteiger charge is 2.56. The molecule has 26 heavy (non-hydrogen) atoms. The smallest absolute Gasteiger partial charge is 0.325 e. The van der Waals surface area contributed by atoms with Crippen LogP contribution in [0, 0.1) is 11.3 Å². The number of imide groups is 1. The fraction of sp³-hybridized carbons (Fsp3) is 0.526. The SMILES string of the molecule is C[C@H]1CC(C)(C)C[C@@]2(C1)NC(=O)N(CC(=O)Nc1ccc(Br)cc1)C2=O. The third kappa shape index (κ3) is 3.77. The highest BCUT2D eigenvalue weighted by Crippen LogP contribution is 2.46. The van der Waals surface area contributed by atoms with Crippen LogP contribution >= 0.6 is 15.9 Å². The third-order valence-corrected chi connectivity index (χ3v) is 5.58. The first-order valence-corrected chi connectivity index (χ1v) is 9.59. The number of anilines is 1. The van der Waals surface area contributed by atoms with Crippen molar-refractivity contribution in [1.82, 2.24) is 10.2 Å². The molecule has 0 aromatic heterocycles. The maximum Gasteiger partial charge on any atom is 0.325 e. The zero-order valence-corrected chi connectivity index (χ0v) is 16.9. The molecule has 4 amide bonds. The summed E-state index contributed by atoms with van der Waals surface area (Å²) >= 11 is 3.33. The number of nitrogens with zero attached hydrogens (tertiary/aromatic N) is 1. The molecular weight excluding hydrogens is 398 g/mol. The molecule has 140 valence electrons. The Kier molecular flexibility index (Phi) is 4.86. The molecule has 0 unspecified atom stereocenters. The molecule has 1 aromatic rings. The Bertz CT molecular complexity index is 747. The van der Waals surface area contributed by atoms with Gasteiger partial charge in [-0.05, 0) is 54.9 Å². The van der Waals surface area contributed by atoms with Crippen LogP contribution in [0.4, 0.5) is 10.5 Å². The van der Waals surface area contributed by atoms with Gasteiger partial charge in [-0.1, -0.05) is 36.7 Å². The van der Waals surface area contributed by atoms with Crippen LogP contribution in [0.5, 0.6) is 0 Å². The molecule has 1 aromatic carbocycles. The first kappa shape index (κ1) is 18.9. The lowest BCUT2D eigenvalue weighted by molar-refractivity contribution is -0.136. The molecule has 3 rings (SSSR count). The van der Waals surface area contributed by atoms with Gasteiger partial charge >= 0.3 is 6.03 Å². The minimum absolute atomic E-state index is 0.0314. The maximum atomic E-state index is 13.0. The van der Waals surface area contributed by atoms with Crippen molar-refractivity contribution in [2.75, 3.05) is 11.9 Å². The highest BCUT2D eigenvalue weighted by molar-refractivity contribution is 9.10. The topological polar surface area (TPSA) is 78.5 Å². The number of nitrogens with one attached hydrogen (secondary N) is 2. The molecular formula is C19H24BrN3O3. The second-order valence-electron chi connectivity index (χ2n) is 8.31. The van der Waals surface area contributed by atoms with Gasteiger partial charge < -0.3 is 10.6 Å². The maximum absolute atomic E-state index is 13.0. The quantitative estimate of drug-likeness (QED) is 0.732. The molecule has 1 saturated heterocycles.